The molecule has 4 rings (SSSR count). The molecule has 0 radical (unpaired) electrons. The van der Waals surface area contributed by atoms with Crippen LogP contribution in [0.15, 0.2) is 48.5 Å². The van der Waals surface area contributed by atoms with Crippen molar-refractivity contribution in [2.45, 2.75) is 36.6 Å². The number of hydrogen-bond donors (Lipinski definition) is 2. The van der Waals surface area contributed by atoms with E-state index in [4.69, 9.17) is 25.8 Å². The molecule has 1 heterocycles. The molecule has 0 bridgehead atoms. The van der Waals surface area contributed by atoms with Crippen LogP contribution in [0.1, 0.15) is 28.9 Å². The summed E-state index contributed by atoms with van der Waals surface area (Å²) in [5.74, 6) is -4.50. The van der Waals surface area contributed by atoms with E-state index in [0.717, 1.165) is 30.3 Å². The Morgan fingerprint density at radius 3 is 2.29 bits per heavy atom. The summed E-state index contributed by atoms with van der Waals surface area (Å²) in [5, 5.41) is 12.6. The molecular formula is C27H23ClF6N2O5. The summed E-state index contributed by atoms with van der Waals surface area (Å²) in [6.07, 6.45) is -7.03. The lowest BCUT2D eigenvalue weighted by molar-refractivity contribution is -0.265. The van der Waals surface area contributed by atoms with Crippen LogP contribution < -0.4 is 19.5 Å². The summed E-state index contributed by atoms with van der Waals surface area (Å²) in [5.41, 5.74) is -4.73. The highest BCUT2D eigenvalue weighted by atomic mass is 35.5. The first-order chi connectivity index (χ1) is 19.2. The zero-order valence-electron chi connectivity index (χ0n) is 21.5. The summed E-state index contributed by atoms with van der Waals surface area (Å²) in [4.78, 5) is 16.7. The van der Waals surface area contributed by atoms with Crippen LogP contribution in [0.25, 0.3) is 11.3 Å². The molecule has 220 valence electrons. The van der Waals surface area contributed by atoms with E-state index < -0.39 is 60.6 Å². The van der Waals surface area contributed by atoms with E-state index in [1.807, 2.05) is 5.32 Å². The molecule has 2 N–H and O–H groups in total. The van der Waals surface area contributed by atoms with Crippen LogP contribution in [0.4, 0.5) is 26.3 Å². The van der Waals surface area contributed by atoms with Crippen LogP contribution in [0.3, 0.4) is 0 Å². The number of methoxy groups -OCH3 is 2. The summed E-state index contributed by atoms with van der Waals surface area (Å²) < 4.78 is 98.3. The molecule has 0 spiro atoms. The Hall–Kier alpha value is -3.71. The Morgan fingerprint density at radius 2 is 1.71 bits per heavy atom. The number of amides is 1. The summed E-state index contributed by atoms with van der Waals surface area (Å²) in [6.45, 7) is -1.34. The fraction of sp³-hybridized carbons (Fsp3) is 0.333. The van der Waals surface area contributed by atoms with E-state index in [1.54, 1.807) is 0 Å². The molecule has 1 aliphatic rings. The van der Waals surface area contributed by atoms with E-state index in [2.05, 4.69) is 4.98 Å². The Morgan fingerprint density at radius 1 is 1.05 bits per heavy atom. The summed E-state index contributed by atoms with van der Waals surface area (Å²) >= 11 is 5.81. The topological polar surface area (TPSA) is 89.9 Å². The highest BCUT2D eigenvalue weighted by molar-refractivity contribution is 6.31. The molecule has 1 amide bonds. The number of benzene rings is 2. The number of hydrogen-bond acceptors (Lipinski definition) is 6. The zero-order chi connectivity index (χ0) is 30.2. The number of ether oxygens (including phenoxy) is 3. The monoisotopic (exact) mass is 604 g/mol. The molecular weight excluding hydrogens is 582 g/mol. The predicted molar refractivity (Wildman–Crippen MR) is 135 cm³/mol. The van der Waals surface area contributed by atoms with Crippen molar-refractivity contribution in [1.82, 2.24) is 10.3 Å². The van der Waals surface area contributed by atoms with Gasteiger partial charge in [-0.3, -0.25) is 4.79 Å². The first-order valence-electron chi connectivity index (χ1n) is 12.0. The van der Waals surface area contributed by atoms with E-state index in [-0.39, 0.29) is 39.1 Å². The Bertz CT molecular complexity index is 1450. The van der Waals surface area contributed by atoms with Crippen molar-refractivity contribution in [1.29, 1.82) is 0 Å². The largest absolute Gasteiger partial charge is 0.494 e. The number of rotatable bonds is 9. The van der Waals surface area contributed by atoms with Crippen molar-refractivity contribution in [3.05, 3.63) is 70.6 Å². The maximum absolute atomic E-state index is 14.2. The molecule has 2 aromatic carbocycles. The highest BCUT2D eigenvalue weighted by Gasteiger charge is 2.56. The minimum absolute atomic E-state index is 0.00151. The Balaban J connectivity index is 1.58. The van der Waals surface area contributed by atoms with Crippen molar-refractivity contribution >= 4 is 17.5 Å². The SMILES string of the molecule is COc1cc(C(=O)NCC(O)(c2ccc(OC)c(-c3ccc(F)c(Cl)c3)n2)C(F)(F)F)ccc1OC1CC(F)(F)C1. The van der Waals surface area contributed by atoms with Gasteiger partial charge in [-0.2, -0.15) is 13.2 Å². The lowest BCUT2D eigenvalue weighted by Gasteiger charge is -2.35. The van der Waals surface area contributed by atoms with E-state index in [1.165, 1.54) is 32.4 Å². The second kappa shape index (κ2) is 11.3. The standard InChI is InChI=1S/C27H23ClF6N2O5/c1-39-20-7-8-22(36-23(20)14-3-5-18(29)17(28)9-14)26(38,27(32,33)34)13-35-24(37)15-4-6-19(21(10-15)40-2)41-16-11-25(30,31)12-16/h3-10,16,38H,11-13H2,1-2H3,(H,35,37). The fourth-order valence-electron chi connectivity index (χ4n) is 4.11. The van der Waals surface area contributed by atoms with E-state index in [9.17, 15) is 36.2 Å². The number of halogens is 7. The van der Waals surface area contributed by atoms with Gasteiger partial charge in [-0.1, -0.05) is 11.6 Å². The van der Waals surface area contributed by atoms with Crippen LogP contribution in [0, 0.1) is 5.82 Å². The molecule has 0 saturated heterocycles. The number of aromatic nitrogens is 1. The normalized spacial score (nSPS) is 16.3. The van der Waals surface area contributed by atoms with Gasteiger partial charge in [0, 0.05) is 24.0 Å². The quantitative estimate of drug-likeness (QED) is 0.295. The third-order valence-electron chi connectivity index (χ3n) is 6.44. The van der Waals surface area contributed by atoms with Crippen LogP contribution in [-0.4, -0.2) is 55.0 Å². The molecule has 3 aromatic rings. The second-order valence-corrected chi connectivity index (χ2v) is 9.69. The third-order valence-corrected chi connectivity index (χ3v) is 6.73. The van der Waals surface area contributed by atoms with Crippen molar-refractivity contribution in [3.63, 3.8) is 0 Å². The molecule has 1 aliphatic carbocycles. The first kappa shape index (κ1) is 30.3. The van der Waals surface area contributed by atoms with Gasteiger partial charge in [0.1, 0.15) is 23.4 Å². The second-order valence-electron chi connectivity index (χ2n) is 9.29. The minimum atomic E-state index is -5.31. The molecule has 1 atom stereocenters. The van der Waals surface area contributed by atoms with Gasteiger partial charge in [-0.05, 0) is 48.5 Å². The number of pyridine rings is 1. The molecule has 7 nitrogen and oxygen atoms in total. The van der Waals surface area contributed by atoms with Gasteiger partial charge in [-0.15, -0.1) is 0 Å². The molecule has 14 heteroatoms. The van der Waals surface area contributed by atoms with E-state index in [0.29, 0.717) is 0 Å². The average Bonchev–Trinajstić information content (AvgIpc) is 2.91. The zero-order valence-corrected chi connectivity index (χ0v) is 22.2. The summed E-state index contributed by atoms with van der Waals surface area (Å²) in [7, 11) is 2.48. The number of carbonyl (C=O) groups is 1. The van der Waals surface area contributed by atoms with E-state index >= 15 is 0 Å². The Kier molecular flexibility index (Phi) is 8.33. The molecule has 1 aromatic heterocycles. The average molecular weight is 605 g/mol. The number of alkyl halides is 5. The van der Waals surface area contributed by atoms with Crippen LogP contribution in [0.2, 0.25) is 5.02 Å². The Labute approximate surface area is 235 Å². The number of aliphatic hydroxyl groups is 1. The van der Waals surface area contributed by atoms with Gasteiger partial charge < -0.3 is 24.6 Å². The lowest BCUT2D eigenvalue weighted by Crippen LogP contribution is -2.51. The number of carbonyl (C=O) groups excluding carboxylic acids is 1. The number of nitrogens with zero attached hydrogens (tertiary/aromatic N) is 1. The van der Waals surface area contributed by atoms with Crippen LogP contribution in [0.5, 0.6) is 17.2 Å². The predicted octanol–water partition coefficient (Wildman–Crippen LogP) is 5.91. The van der Waals surface area contributed by atoms with Crippen molar-refractivity contribution < 1.29 is 50.5 Å². The van der Waals surface area contributed by atoms with Crippen molar-refractivity contribution in [2.75, 3.05) is 20.8 Å². The molecule has 1 fully saturated rings. The van der Waals surface area contributed by atoms with Crippen molar-refractivity contribution in [3.8, 4) is 28.5 Å². The molecule has 0 aliphatic heterocycles. The maximum atomic E-state index is 14.2. The molecule has 41 heavy (non-hydrogen) atoms. The van der Waals surface area contributed by atoms with Gasteiger partial charge in [0.2, 0.25) is 5.60 Å². The lowest BCUT2D eigenvalue weighted by atomic mass is 9.91. The smallest absolute Gasteiger partial charge is 0.424 e. The molecule has 1 unspecified atom stereocenters. The first-order valence-corrected chi connectivity index (χ1v) is 12.4. The number of nitrogens with one attached hydrogen (secondary N) is 1. The fourth-order valence-corrected chi connectivity index (χ4v) is 4.29. The highest BCUT2D eigenvalue weighted by Crippen LogP contribution is 2.42. The van der Waals surface area contributed by atoms with Gasteiger partial charge in [0.05, 0.1) is 31.5 Å². The van der Waals surface area contributed by atoms with Gasteiger partial charge in [0.25, 0.3) is 11.8 Å². The summed E-state index contributed by atoms with van der Waals surface area (Å²) in [6, 6.07) is 9.01. The van der Waals surface area contributed by atoms with Gasteiger partial charge >= 0.3 is 6.18 Å². The van der Waals surface area contributed by atoms with Crippen LogP contribution >= 0.6 is 11.6 Å². The van der Waals surface area contributed by atoms with Crippen LogP contribution in [-0.2, 0) is 5.60 Å². The van der Waals surface area contributed by atoms with Gasteiger partial charge in [-0.25, -0.2) is 18.2 Å². The third kappa shape index (κ3) is 6.30. The minimum Gasteiger partial charge on any atom is -0.494 e. The van der Waals surface area contributed by atoms with Gasteiger partial charge in [0.15, 0.2) is 11.5 Å². The van der Waals surface area contributed by atoms with Crippen molar-refractivity contribution in [2.24, 2.45) is 0 Å². The molecule has 1 saturated carbocycles. The maximum Gasteiger partial charge on any atom is 0.424 e.